The van der Waals surface area contributed by atoms with Crippen molar-refractivity contribution in [3.05, 3.63) is 54.6 Å². The zero-order chi connectivity index (χ0) is 22.1. The summed E-state index contributed by atoms with van der Waals surface area (Å²) in [6.07, 6.45) is 1.70. The maximum absolute atomic E-state index is 12.5. The van der Waals surface area contributed by atoms with E-state index in [1.54, 1.807) is 56.5 Å². The molecule has 8 nitrogen and oxygen atoms in total. The van der Waals surface area contributed by atoms with Crippen LogP contribution in [-0.2, 0) is 14.4 Å². The normalized spacial score (nSPS) is 11.6. The molecule has 0 bridgehead atoms. The number of hydrogen-bond donors (Lipinski definition) is 3. The molecule has 0 aliphatic rings. The summed E-state index contributed by atoms with van der Waals surface area (Å²) in [7, 11) is 3.07. The highest BCUT2D eigenvalue weighted by atomic mass is 32.2. The molecule has 2 rings (SSSR count). The standard InChI is InChI=1S/C21H22N2O6S/c1-13(21(27)23-17-9-6-15(28-2)12-18(17)29-3)30-16-7-4-14(5-8-16)22-19(24)10-11-20(25)26/h4-13H,1-3H3,(H,22,24)(H,23,27)(H,25,26)/b11-10+. The van der Waals surface area contributed by atoms with E-state index in [-0.39, 0.29) is 5.91 Å². The highest BCUT2D eigenvalue weighted by Crippen LogP contribution is 2.31. The van der Waals surface area contributed by atoms with Crippen LogP contribution in [0.5, 0.6) is 11.5 Å². The average molecular weight is 430 g/mol. The van der Waals surface area contributed by atoms with Gasteiger partial charge in [-0.15, -0.1) is 11.8 Å². The minimum atomic E-state index is -1.20. The van der Waals surface area contributed by atoms with E-state index >= 15 is 0 Å². The number of carbonyl (C=O) groups is 3. The first-order chi connectivity index (χ1) is 14.3. The maximum Gasteiger partial charge on any atom is 0.328 e. The highest BCUT2D eigenvalue weighted by molar-refractivity contribution is 8.00. The number of anilines is 2. The molecule has 0 saturated carbocycles. The third-order valence-corrected chi connectivity index (χ3v) is 4.96. The number of aliphatic carboxylic acids is 1. The molecule has 0 saturated heterocycles. The van der Waals surface area contributed by atoms with Crippen LogP contribution < -0.4 is 20.1 Å². The van der Waals surface area contributed by atoms with Crippen LogP contribution >= 0.6 is 11.8 Å². The van der Waals surface area contributed by atoms with Crippen molar-refractivity contribution >= 4 is 40.9 Å². The van der Waals surface area contributed by atoms with Crippen molar-refractivity contribution in [2.24, 2.45) is 0 Å². The van der Waals surface area contributed by atoms with E-state index in [0.717, 1.165) is 17.0 Å². The largest absolute Gasteiger partial charge is 0.497 e. The van der Waals surface area contributed by atoms with Crippen molar-refractivity contribution in [3.8, 4) is 11.5 Å². The Morgan fingerprint density at radius 3 is 2.30 bits per heavy atom. The van der Waals surface area contributed by atoms with E-state index in [9.17, 15) is 14.4 Å². The van der Waals surface area contributed by atoms with Crippen LogP contribution in [0.15, 0.2) is 59.5 Å². The van der Waals surface area contributed by atoms with Gasteiger partial charge >= 0.3 is 5.97 Å². The molecule has 1 atom stereocenters. The fraction of sp³-hybridized carbons (Fsp3) is 0.190. The molecule has 3 N–H and O–H groups in total. The number of benzene rings is 2. The van der Waals surface area contributed by atoms with Crippen molar-refractivity contribution in [3.63, 3.8) is 0 Å². The average Bonchev–Trinajstić information content (AvgIpc) is 2.73. The topological polar surface area (TPSA) is 114 Å². The first-order valence-corrected chi connectivity index (χ1v) is 9.72. The van der Waals surface area contributed by atoms with Crippen LogP contribution in [-0.4, -0.2) is 42.4 Å². The molecule has 2 aromatic carbocycles. The predicted molar refractivity (Wildman–Crippen MR) is 115 cm³/mol. The molecule has 0 radical (unpaired) electrons. The number of thioether (sulfide) groups is 1. The Kier molecular flexibility index (Phi) is 8.30. The van der Waals surface area contributed by atoms with Gasteiger partial charge in [-0.3, -0.25) is 9.59 Å². The van der Waals surface area contributed by atoms with Crippen LogP contribution in [0, 0.1) is 0 Å². The van der Waals surface area contributed by atoms with Crippen LogP contribution in [0.4, 0.5) is 11.4 Å². The SMILES string of the molecule is COc1ccc(NC(=O)C(C)Sc2ccc(NC(=O)/C=C/C(=O)O)cc2)c(OC)c1. The van der Waals surface area contributed by atoms with Gasteiger partial charge in [-0.1, -0.05) is 0 Å². The first-order valence-electron chi connectivity index (χ1n) is 8.84. The van der Waals surface area contributed by atoms with E-state index in [0.29, 0.717) is 22.9 Å². The second-order valence-electron chi connectivity index (χ2n) is 6.00. The van der Waals surface area contributed by atoms with Crippen LogP contribution in [0.2, 0.25) is 0 Å². The number of rotatable bonds is 9. The van der Waals surface area contributed by atoms with Gasteiger partial charge in [0, 0.05) is 28.8 Å². The van der Waals surface area contributed by atoms with Crippen molar-refractivity contribution in [1.29, 1.82) is 0 Å². The summed E-state index contributed by atoms with van der Waals surface area (Å²) in [5, 5.41) is 13.5. The van der Waals surface area contributed by atoms with Gasteiger partial charge in [0.05, 0.1) is 25.2 Å². The van der Waals surface area contributed by atoms with E-state index in [1.165, 1.54) is 18.9 Å². The van der Waals surface area contributed by atoms with E-state index < -0.39 is 17.1 Å². The van der Waals surface area contributed by atoms with E-state index in [1.807, 2.05) is 0 Å². The van der Waals surface area contributed by atoms with Crippen LogP contribution in [0.3, 0.4) is 0 Å². The Morgan fingerprint density at radius 2 is 1.70 bits per heavy atom. The first kappa shape index (κ1) is 22.8. The van der Waals surface area contributed by atoms with Gasteiger partial charge in [-0.05, 0) is 43.3 Å². The second kappa shape index (κ2) is 10.9. The Hall–Kier alpha value is -3.46. The summed E-state index contributed by atoms with van der Waals surface area (Å²) in [6, 6.07) is 12.0. The minimum absolute atomic E-state index is 0.195. The summed E-state index contributed by atoms with van der Waals surface area (Å²) in [4.78, 5) is 35.4. The maximum atomic E-state index is 12.5. The molecule has 30 heavy (non-hydrogen) atoms. The zero-order valence-electron chi connectivity index (χ0n) is 16.7. The van der Waals surface area contributed by atoms with Gasteiger partial charge < -0.3 is 25.2 Å². The summed E-state index contributed by atoms with van der Waals surface area (Å²) >= 11 is 1.35. The number of carboxylic acid groups (broad SMARTS) is 1. The quantitative estimate of drug-likeness (QED) is 0.413. The molecule has 0 aliphatic carbocycles. The highest BCUT2D eigenvalue weighted by Gasteiger charge is 2.17. The molecule has 2 aromatic rings. The third kappa shape index (κ3) is 6.85. The molecule has 2 amide bonds. The number of ether oxygens (including phenoxy) is 2. The second-order valence-corrected chi connectivity index (χ2v) is 7.41. The Balaban J connectivity index is 1.95. The molecule has 0 aromatic heterocycles. The Morgan fingerprint density at radius 1 is 1.00 bits per heavy atom. The minimum Gasteiger partial charge on any atom is -0.497 e. The van der Waals surface area contributed by atoms with Crippen molar-refractivity contribution in [2.75, 3.05) is 24.9 Å². The lowest BCUT2D eigenvalue weighted by molar-refractivity contribution is -0.131. The molecular weight excluding hydrogens is 408 g/mol. The van der Waals surface area contributed by atoms with Crippen molar-refractivity contribution in [2.45, 2.75) is 17.1 Å². The number of carbonyl (C=O) groups excluding carboxylic acids is 2. The number of amides is 2. The predicted octanol–water partition coefficient (Wildman–Crippen LogP) is 3.40. The summed E-state index contributed by atoms with van der Waals surface area (Å²) in [6.45, 7) is 1.78. The molecule has 158 valence electrons. The van der Waals surface area contributed by atoms with E-state index in [2.05, 4.69) is 10.6 Å². The fourth-order valence-electron chi connectivity index (χ4n) is 2.34. The number of nitrogens with one attached hydrogen (secondary N) is 2. The van der Waals surface area contributed by atoms with Gasteiger partial charge in [-0.25, -0.2) is 4.79 Å². The van der Waals surface area contributed by atoms with Crippen LogP contribution in [0.25, 0.3) is 0 Å². The fourth-order valence-corrected chi connectivity index (χ4v) is 3.21. The number of hydrogen-bond acceptors (Lipinski definition) is 6. The van der Waals surface area contributed by atoms with Gasteiger partial charge in [0.1, 0.15) is 11.5 Å². The van der Waals surface area contributed by atoms with Gasteiger partial charge in [-0.2, -0.15) is 0 Å². The molecule has 0 spiro atoms. The van der Waals surface area contributed by atoms with Crippen LogP contribution in [0.1, 0.15) is 6.92 Å². The van der Waals surface area contributed by atoms with Gasteiger partial charge in [0.2, 0.25) is 11.8 Å². The van der Waals surface area contributed by atoms with E-state index in [4.69, 9.17) is 14.6 Å². The summed E-state index contributed by atoms with van der Waals surface area (Å²) in [5.74, 6) is -0.815. The van der Waals surface area contributed by atoms with Gasteiger partial charge in [0.15, 0.2) is 0 Å². The van der Waals surface area contributed by atoms with Crippen molar-refractivity contribution < 1.29 is 29.0 Å². The van der Waals surface area contributed by atoms with Crippen molar-refractivity contribution in [1.82, 2.24) is 0 Å². The van der Waals surface area contributed by atoms with Gasteiger partial charge in [0.25, 0.3) is 0 Å². The molecular formula is C21H22N2O6S. The molecule has 0 fully saturated rings. The number of carboxylic acids is 1. The summed E-state index contributed by atoms with van der Waals surface area (Å²) < 4.78 is 10.4. The molecule has 9 heteroatoms. The molecule has 0 aliphatic heterocycles. The monoisotopic (exact) mass is 430 g/mol. The third-order valence-electron chi connectivity index (χ3n) is 3.85. The molecule has 1 unspecified atom stereocenters. The zero-order valence-corrected chi connectivity index (χ0v) is 17.5. The Bertz CT molecular complexity index is 943. The lowest BCUT2D eigenvalue weighted by Gasteiger charge is -2.15. The summed E-state index contributed by atoms with van der Waals surface area (Å²) in [5.41, 5.74) is 1.06. The number of methoxy groups -OCH3 is 2. The lowest BCUT2D eigenvalue weighted by atomic mass is 10.2. The lowest BCUT2D eigenvalue weighted by Crippen LogP contribution is -2.22. The molecule has 0 heterocycles. The Labute approximate surface area is 178 Å². The smallest absolute Gasteiger partial charge is 0.328 e.